The van der Waals surface area contributed by atoms with E-state index in [1.807, 2.05) is 19.2 Å². The average molecular weight is 421 g/mol. The third kappa shape index (κ3) is 3.31. The van der Waals surface area contributed by atoms with E-state index in [0.717, 1.165) is 11.4 Å². The van der Waals surface area contributed by atoms with Gasteiger partial charge in [0.25, 0.3) is 0 Å². The van der Waals surface area contributed by atoms with Crippen LogP contribution in [0.4, 0.5) is 9.18 Å². The van der Waals surface area contributed by atoms with Crippen LogP contribution < -0.4 is 0 Å². The fourth-order valence-electron chi connectivity index (χ4n) is 4.71. The molecule has 0 radical (unpaired) electrons. The number of nitrogens with zero attached hydrogens (tertiary/aromatic N) is 5. The van der Waals surface area contributed by atoms with E-state index in [9.17, 15) is 9.00 Å². The molecule has 10 heteroatoms. The van der Waals surface area contributed by atoms with Crippen molar-refractivity contribution in [2.24, 2.45) is 5.92 Å². The molecule has 2 aliphatic heterocycles. The maximum absolute atomic E-state index is 15.1. The number of carbonyl (C=O) groups is 1. The summed E-state index contributed by atoms with van der Waals surface area (Å²) >= 11 is 0. The lowest BCUT2D eigenvalue weighted by molar-refractivity contribution is 0.124. The molecule has 1 amide bonds. The van der Waals surface area contributed by atoms with Crippen LogP contribution >= 0.6 is 0 Å². The molecule has 0 N–H and O–H groups in total. The molecule has 2 saturated heterocycles. The van der Waals surface area contributed by atoms with Crippen molar-refractivity contribution in [1.82, 2.24) is 24.8 Å². The summed E-state index contributed by atoms with van der Waals surface area (Å²) in [6.45, 7) is 4.02. The van der Waals surface area contributed by atoms with E-state index in [-0.39, 0.29) is 17.8 Å². The van der Waals surface area contributed by atoms with E-state index < -0.39 is 22.4 Å². The van der Waals surface area contributed by atoms with Crippen LogP contribution in [0.25, 0.3) is 0 Å². The maximum Gasteiger partial charge on any atom is 0.414 e. The molecule has 3 atom stereocenters. The first-order chi connectivity index (χ1) is 14.0. The number of hydrogen-bond donors (Lipinski definition) is 0. The highest BCUT2D eigenvalue weighted by atomic mass is 32.2. The zero-order valence-electron chi connectivity index (χ0n) is 16.3. The molecular formula is C19H24FN5O3S. The summed E-state index contributed by atoms with van der Waals surface area (Å²) in [5.41, 5.74) is 1.01. The van der Waals surface area contributed by atoms with Crippen LogP contribution in [0.3, 0.4) is 0 Å². The predicted molar refractivity (Wildman–Crippen MR) is 104 cm³/mol. The first-order valence-corrected chi connectivity index (χ1v) is 11.5. The quantitative estimate of drug-likeness (QED) is 0.731. The van der Waals surface area contributed by atoms with E-state index in [1.165, 1.54) is 0 Å². The summed E-state index contributed by atoms with van der Waals surface area (Å²) in [6.07, 6.45) is 5.81. The van der Waals surface area contributed by atoms with Crippen molar-refractivity contribution in [2.45, 2.75) is 38.0 Å². The molecule has 4 aliphatic rings. The molecule has 8 nitrogen and oxygen atoms in total. The van der Waals surface area contributed by atoms with Gasteiger partial charge in [0, 0.05) is 59.6 Å². The molecule has 2 aliphatic carbocycles. The molecule has 0 spiro atoms. The van der Waals surface area contributed by atoms with Gasteiger partial charge in [-0.25, -0.2) is 13.9 Å². The van der Waals surface area contributed by atoms with Gasteiger partial charge < -0.3 is 4.74 Å². The SMILES string of the molecule is Cc1cn(C[C@H]2CN(C3=CC4CC4(N4CCS(=O)CC4)C(F)=CC3)C(=O)O2)nn1. The second-order valence-electron chi connectivity index (χ2n) is 8.18. The number of ether oxygens (including phenoxy) is 1. The molecule has 29 heavy (non-hydrogen) atoms. The van der Waals surface area contributed by atoms with Crippen LogP contribution in [0.1, 0.15) is 18.5 Å². The highest BCUT2D eigenvalue weighted by Crippen LogP contribution is 2.57. The van der Waals surface area contributed by atoms with Gasteiger partial charge in [-0.15, -0.1) is 5.10 Å². The Bertz CT molecular complexity index is 921. The van der Waals surface area contributed by atoms with Crippen molar-refractivity contribution in [2.75, 3.05) is 31.1 Å². The summed E-state index contributed by atoms with van der Waals surface area (Å²) in [5, 5.41) is 7.96. The lowest BCUT2D eigenvalue weighted by Gasteiger charge is -2.34. The Hall–Kier alpha value is -2.07. The molecular weight excluding hydrogens is 397 g/mol. The first-order valence-electron chi connectivity index (χ1n) is 9.97. The number of halogens is 1. The standard InChI is InChI=1S/C19H24FN5O3S/c1-13-10-24(22-21-13)11-16-12-25(18(26)28-16)15-2-3-17(20)19(9-14(19)8-15)23-4-6-29(27)7-5-23/h3,8,10,14,16H,2,4-7,9,11-12H2,1H3/t14?,16-,19?/m0/s1. The van der Waals surface area contributed by atoms with Crippen molar-refractivity contribution in [3.05, 3.63) is 35.6 Å². The minimum absolute atomic E-state index is 0.0348. The minimum atomic E-state index is -0.794. The van der Waals surface area contributed by atoms with Crippen LogP contribution in [0, 0.1) is 12.8 Å². The lowest BCUT2D eigenvalue weighted by atomic mass is 10.1. The van der Waals surface area contributed by atoms with Gasteiger partial charge in [0.05, 0.1) is 24.3 Å². The van der Waals surface area contributed by atoms with Gasteiger partial charge in [0.2, 0.25) is 0 Å². The molecule has 5 rings (SSSR count). The number of aryl methyl sites for hydroxylation is 1. The van der Waals surface area contributed by atoms with Gasteiger partial charge in [-0.05, 0) is 19.4 Å². The van der Waals surface area contributed by atoms with E-state index in [0.29, 0.717) is 50.5 Å². The summed E-state index contributed by atoms with van der Waals surface area (Å²) in [5.74, 6) is 1.11. The Labute approximate surface area is 170 Å². The number of amides is 1. The van der Waals surface area contributed by atoms with E-state index in [4.69, 9.17) is 4.74 Å². The Kier molecular flexibility index (Phi) is 4.58. The van der Waals surface area contributed by atoms with Crippen molar-refractivity contribution in [3.8, 4) is 0 Å². The smallest absolute Gasteiger partial charge is 0.414 e. The predicted octanol–water partition coefficient (Wildman–Crippen LogP) is 1.37. The number of aromatic nitrogens is 3. The largest absolute Gasteiger partial charge is 0.442 e. The molecule has 1 saturated carbocycles. The number of carbonyl (C=O) groups excluding carboxylic acids is 1. The third-order valence-electron chi connectivity index (χ3n) is 6.29. The average Bonchev–Trinajstić information content (AvgIpc) is 3.14. The maximum atomic E-state index is 15.1. The van der Waals surface area contributed by atoms with E-state index >= 15 is 4.39 Å². The first kappa shape index (κ1) is 18.9. The zero-order valence-corrected chi connectivity index (χ0v) is 17.1. The van der Waals surface area contributed by atoms with Gasteiger partial charge in [-0.1, -0.05) is 11.3 Å². The second kappa shape index (κ2) is 7.02. The molecule has 156 valence electrons. The Morgan fingerprint density at radius 2 is 2.17 bits per heavy atom. The van der Waals surface area contributed by atoms with Gasteiger partial charge in [-0.2, -0.15) is 0 Å². The normalized spacial score (nSPS) is 33.0. The van der Waals surface area contributed by atoms with Gasteiger partial charge >= 0.3 is 6.09 Å². The zero-order chi connectivity index (χ0) is 20.2. The summed E-state index contributed by atoms with van der Waals surface area (Å²) in [6, 6.07) is 0. The molecule has 2 unspecified atom stereocenters. The molecule has 0 aromatic carbocycles. The van der Waals surface area contributed by atoms with Crippen LogP contribution in [-0.2, 0) is 22.1 Å². The molecule has 1 aromatic rings. The number of allylic oxidation sites excluding steroid dienone is 1. The number of hydrogen-bond acceptors (Lipinski definition) is 6. The highest BCUT2D eigenvalue weighted by molar-refractivity contribution is 7.85. The van der Waals surface area contributed by atoms with Crippen molar-refractivity contribution in [1.29, 1.82) is 0 Å². The van der Waals surface area contributed by atoms with Gasteiger partial charge in [-0.3, -0.25) is 14.0 Å². The van der Waals surface area contributed by atoms with Crippen LogP contribution in [0.2, 0.25) is 0 Å². The van der Waals surface area contributed by atoms with Crippen molar-refractivity contribution >= 4 is 16.9 Å². The lowest BCUT2D eigenvalue weighted by Crippen LogP contribution is -2.47. The fraction of sp³-hybridized carbons (Fsp3) is 0.632. The summed E-state index contributed by atoms with van der Waals surface area (Å²) in [7, 11) is -0.794. The van der Waals surface area contributed by atoms with E-state index in [2.05, 4.69) is 15.2 Å². The van der Waals surface area contributed by atoms with Crippen molar-refractivity contribution < 1.29 is 18.1 Å². The molecule has 0 bridgehead atoms. The molecule has 1 aromatic heterocycles. The molecule has 3 fully saturated rings. The van der Waals surface area contributed by atoms with Crippen molar-refractivity contribution in [3.63, 3.8) is 0 Å². The van der Waals surface area contributed by atoms with Crippen LogP contribution in [0.5, 0.6) is 0 Å². The minimum Gasteiger partial charge on any atom is -0.442 e. The number of fused-ring (bicyclic) bond motifs is 1. The Morgan fingerprint density at radius 3 is 2.90 bits per heavy atom. The number of rotatable bonds is 4. The van der Waals surface area contributed by atoms with Crippen LogP contribution in [0.15, 0.2) is 29.9 Å². The summed E-state index contributed by atoms with van der Waals surface area (Å²) in [4.78, 5) is 16.2. The van der Waals surface area contributed by atoms with Gasteiger partial charge in [0.1, 0.15) is 11.9 Å². The van der Waals surface area contributed by atoms with Crippen LogP contribution in [-0.4, -0.2) is 77.9 Å². The fourth-order valence-corrected chi connectivity index (χ4v) is 5.77. The Balaban J connectivity index is 1.30. The van der Waals surface area contributed by atoms with Gasteiger partial charge in [0.15, 0.2) is 0 Å². The second-order valence-corrected chi connectivity index (χ2v) is 9.88. The number of cyclic esters (lactones) is 1. The monoisotopic (exact) mass is 421 g/mol. The van der Waals surface area contributed by atoms with E-state index in [1.54, 1.807) is 15.7 Å². The Morgan fingerprint density at radius 1 is 1.38 bits per heavy atom. The third-order valence-corrected chi connectivity index (χ3v) is 7.56. The topological polar surface area (TPSA) is 80.6 Å². The molecule has 3 heterocycles. The highest BCUT2D eigenvalue weighted by Gasteiger charge is 2.61. The summed E-state index contributed by atoms with van der Waals surface area (Å²) < 4.78 is 34.0.